The van der Waals surface area contributed by atoms with Gasteiger partial charge in [0.1, 0.15) is 0 Å². The summed E-state index contributed by atoms with van der Waals surface area (Å²) < 4.78 is 0. The molecule has 0 saturated carbocycles. The Kier molecular flexibility index (Phi) is 3.14. The molecule has 1 aromatic rings. The van der Waals surface area contributed by atoms with Crippen LogP contribution < -0.4 is 5.32 Å². The highest BCUT2D eigenvalue weighted by Gasteiger charge is 2.41. The Morgan fingerprint density at radius 1 is 1.24 bits per heavy atom. The number of fused-ring (bicyclic) bond motifs is 1. The van der Waals surface area contributed by atoms with Crippen LogP contribution >= 0.6 is 0 Å². The number of hydrogen-bond donors (Lipinski definition) is 2. The molecule has 0 spiro atoms. The standard InChI is InChI=1S/C14H20N2O/c17-10-14-13-9-16(8-12(13)6-15-14)7-11-4-2-1-3-5-11/h1-5,12-15,17H,6-10H2/t12-,13+,14-/m0/s1. The van der Waals surface area contributed by atoms with Crippen molar-refractivity contribution < 1.29 is 5.11 Å². The first-order chi connectivity index (χ1) is 8.36. The van der Waals surface area contributed by atoms with Gasteiger partial charge in [-0.15, -0.1) is 0 Å². The highest BCUT2D eigenvalue weighted by atomic mass is 16.3. The molecular formula is C14H20N2O. The van der Waals surface area contributed by atoms with Gasteiger partial charge in [-0.05, 0) is 23.9 Å². The summed E-state index contributed by atoms with van der Waals surface area (Å²) in [6.45, 7) is 4.69. The summed E-state index contributed by atoms with van der Waals surface area (Å²) in [4.78, 5) is 2.52. The minimum Gasteiger partial charge on any atom is -0.395 e. The van der Waals surface area contributed by atoms with Crippen molar-refractivity contribution in [2.75, 3.05) is 26.2 Å². The first-order valence-corrected chi connectivity index (χ1v) is 6.47. The quantitative estimate of drug-likeness (QED) is 0.805. The number of hydrogen-bond acceptors (Lipinski definition) is 3. The van der Waals surface area contributed by atoms with Crippen LogP contribution in [0.3, 0.4) is 0 Å². The molecule has 3 atom stereocenters. The van der Waals surface area contributed by atoms with E-state index in [0.717, 1.165) is 25.6 Å². The van der Waals surface area contributed by atoms with Gasteiger partial charge in [-0.25, -0.2) is 0 Å². The molecule has 0 unspecified atom stereocenters. The summed E-state index contributed by atoms with van der Waals surface area (Å²) >= 11 is 0. The molecule has 0 radical (unpaired) electrons. The maximum atomic E-state index is 9.31. The van der Waals surface area contributed by atoms with Gasteiger partial charge in [0.15, 0.2) is 0 Å². The molecule has 3 rings (SSSR count). The fourth-order valence-corrected chi connectivity index (χ4v) is 3.29. The second-order valence-corrected chi connectivity index (χ2v) is 5.30. The highest BCUT2D eigenvalue weighted by molar-refractivity contribution is 5.15. The zero-order valence-corrected chi connectivity index (χ0v) is 10.0. The molecule has 0 bridgehead atoms. The van der Waals surface area contributed by atoms with E-state index in [4.69, 9.17) is 0 Å². The van der Waals surface area contributed by atoms with Gasteiger partial charge >= 0.3 is 0 Å². The lowest BCUT2D eigenvalue weighted by Gasteiger charge is -2.19. The summed E-state index contributed by atoms with van der Waals surface area (Å²) in [7, 11) is 0. The molecule has 0 aliphatic carbocycles. The van der Waals surface area contributed by atoms with Crippen LogP contribution in [0.25, 0.3) is 0 Å². The van der Waals surface area contributed by atoms with Gasteiger partial charge in [-0.3, -0.25) is 4.90 Å². The first kappa shape index (κ1) is 11.2. The van der Waals surface area contributed by atoms with Crippen molar-refractivity contribution in [3.63, 3.8) is 0 Å². The Balaban J connectivity index is 1.62. The van der Waals surface area contributed by atoms with Crippen LogP contribution in [0.2, 0.25) is 0 Å². The van der Waals surface area contributed by atoms with Gasteiger partial charge in [0.2, 0.25) is 0 Å². The second-order valence-electron chi connectivity index (χ2n) is 5.30. The van der Waals surface area contributed by atoms with Crippen LogP contribution in [-0.2, 0) is 6.54 Å². The van der Waals surface area contributed by atoms with Gasteiger partial charge in [0.25, 0.3) is 0 Å². The van der Waals surface area contributed by atoms with Crippen LogP contribution in [0.5, 0.6) is 0 Å². The summed E-state index contributed by atoms with van der Waals surface area (Å²) in [6, 6.07) is 11.0. The van der Waals surface area contributed by atoms with Crippen molar-refractivity contribution >= 4 is 0 Å². The fourth-order valence-electron chi connectivity index (χ4n) is 3.29. The SMILES string of the molecule is OC[C@@H]1NC[C@H]2CN(Cc3ccccc3)C[C@H]21. The molecule has 1 aromatic carbocycles. The topological polar surface area (TPSA) is 35.5 Å². The van der Waals surface area contributed by atoms with Crippen LogP contribution in [-0.4, -0.2) is 42.3 Å². The molecule has 3 heteroatoms. The van der Waals surface area contributed by atoms with Crippen molar-refractivity contribution in [3.8, 4) is 0 Å². The van der Waals surface area contributed by atoms with Gasteiger partial charge < -0.3 is 10.4 Å². The third kappa shape index (κ3) is 2.23. The zero-order chi connectivity index (χ0) is 11.7. The van der Waals surface area contributed by atoms with Crippen LogP contribution in [0.4, 0.5) is 0 Å². The summed E-state index contributed by atoms with van der Waals surface area (Å²) in [5, 5.41) is 12.7. The average molecular weight is 232 g/mol. The van der Waals surface area contributed by atoms with Crippen molar-refractivity contribution in [3.05, 3.63) is 35.9 Å². The molecule has 92 valence electrons. The monoisotopic (exact) mass is 232 g/mol. The predicted molar refractivity (Wildman–Crippen MR) is 67.6 cm³/mol. The molecule has 3 nitrogen and oxygen atoms in total. The zero-order valence-electron chi connectivity index (χ0n) is 10.0. The summed E-state index contributed by atoms with van der Waals surface area (Å²) in [5.74, 6) is 1.37. The van der Waals surface area contributed by atoms with E-state index in [-0.39, 0.29) is 6.61 Å². The van der Waals surface area contributed by atoms with Crippen LogP contribution in [0, 0.1) is 11.8 Å². The number of aliphatic hydroxyl groups excluding tert-OH is 1. The Bertz CT molecular complexity index is 368. The molecule has 17 heavy (non-hydrogen) atoms. The van der Waals surface area contributed by atoms with Crippen molar-refractivity contribution in [2.45, 2.75) is 12.6 Å². The fraction of sp³-hybridized carbons (Fsp3) is 0.571. The Morgan fingerprint density at radius 3 is 2.82 bits per heavy atom. The third-order valence-electron chi connectivity index (χ3n) is 4.17. The normalized spacial score (nSPS) is 32.9. The largest absolute Gasteiger partial charge is 0.395 e. The molecule has 2 heterocycles. The van der Waals surface area contributed by atoms with E-state index in [1.165, 1.54) is 12.1 Å². The number of benzene rings is 1. The first-order valence-electron chi connectivity index (χ1n) is 6.47. The third-order valence-corrected chi connectivity index (χ3v) is 4.17. The lowest BCUT2D eigenvalue weighted by atomic mass is 9.95. The number of aliphatic hydroxyl groups is 1. The molecule has 2 N–H and O–H groups in total. The molecule has 2 aliphatic rings. The lowest BCUT2D eigenvalue weighted by molar-refractivity contribution is 0.214. The number of rotatable bonds is 3. The Hall–Kier alpha value is -0.900. The summed E-state index contributed by atoms with van der Waals surface area (Å²) in [5.41, 5.74) is 1.39. The molecule has 2 aliphatic heterocycles. The van der Waals surface area contributed by atoms with Crippen molar-refractivity contribution in [2.24, 2.45) is 11.8 Å². The maximum Gasteiger partial charge on any atom is 0.0587 e. The van der Waals surface area contributed by atoms with E-state index >= 15 is 0 Å². The van der Waals surface area contributed by atoms with Gasteiger partial charge in [-0.2, -0.15) is 0 Å². The molecule has 2 saturated heterocycles. The number of nitrogens with zero attached hydrogens (tertiary/aromatic N) is 1. The van der Waals surface area contributed by atoms with E-state index in [2.05, 4.69) is 40.5 Å². The van der Waals surface area contributed by atoms with Crippen LogP contribution in [0.1, 0.15) is 5.56 Å². The van der Waals surface area contributed by atoms with Crippen molar-refractivity contribution in [1.29, 1.82) is 0 Å². The number of likely N-dealkylation sites (tertiary alicyclic amines) is 1. The van der Waals surface area contributed by atoms with Crippen molar-refractivity contribution in [1.82, 2.24) is 10.2 Å². The van der Waals surface area contributed by atoms with E-state index in [9.17, 15) is 5.11 Å². The molecule has 0 amide bonds. The number of nitrogens with one attached hydrogen (secondary N) is 1. The van der Waals surface area contributed by atoms with Gasteiger partial charge in [0.05, 0.1) is 6.61 Å². The van der Waals surface area contributed by atoms with E-state index in [1.807, 2.05) is 0 Å². The molecular weight excluding hydrogens is 212 g/mol. The minimum atomic E-state index is 0.278. The average Bonchev–Trinajstić information content (AvgIpc) is 2.89. The summed E-state index contributed by atoms with van der Waals surface area (Å²) in [6.07, 6.45) is 0. The molecule has 2 fully saturated rings. The van der Waals surface area contributed by atoms with Gasteiger partial charge in [-0.1, -0.05) is 30.3 Å². The minimum absolute atomic E-state index is 0.278. The van der Waals surface area contributed by atoms with E-state index in [1.54, 1.807) is 0 Å². The highest BCUT2D eigenvalue weighted by Crippen LogP contribution is 2.31. The Morgan fingerprint density at radius 2 is 2.06 bits per heavy atom. The van der Waals surface area contributed by atoms with E-state index in [0.29, 0.717) is 12.0 Å². The maximum absolute atomic E-state index is 9.31. The second kappa shape index (κ2) is 4.77. The van der Waals surface area contributed by atoms with Crippen LogP contribution in [0.15, 0.2) is 30.3 Å². The molecule has 0 aromatic heterocycles. The van der Waals surface area contributed by atoms with E-state index < -0.39 is 0 Å². The van der Waals surface area contributed by atoms with Gasteiger partial charge in [0, 0.05) is 25.7 Å². The Labute approximate surface area is 102 Å². The smallest absolute Gasteiger partial charge is 0.0587 e. The lowest BCUT2D eigenvalue weighted by Crippen LogP contribution is -2.35. The predicted octanol–water partition coefficient (Wildman–Crippen LogP) is 0.699.